The summed E-state index contributed by atoms with van der Waals surface area (Å²) in [6.07, 6.45) is 1.17. The molecule has 0 atom stereocenters. The quantitative estimate of drug-likeness (QED) is 0.438. The molecule has 0 saturated carbocycles. The first-order valence-corrected chi connectivity index (χ1v) is 7.17. The fourth-order valence-electron chi connectivity index (χ4n) is 2.06. The molecule has 0 aliphatic carbocycles. The molecule has 0 radical (unpaired) electrons. The van der Waals surface area contributed by atoms with Crippen LogP contribution in [0.4, 0.5) is 5.69 Å². The molecule has 1 aromatic heterocycles. The third kappa shape index (κ3) is 4.20. The first-order valence-electron chi connectivity index (χ1n) is 7.17. The molecule has 1 aromatic carbocycles. The van der Waals surface area contributed by atoms with Crippen molar-refractivity contribution in [2.24, 2.45) is 5.10 Å². The molecule has 136 valence electrons. The van der Waals surface area contributed by atoms with Crippen LogP contribution in [0.25, 0.3) is 0 Å². The number of hydrazone groups is 1. The summed E-state index contributed by atoms with van der Waals surface area (Å²) in [5.41, 5.74) is 1.84. The van der Waals surface area contributed by atoms with Gasteiger partial charge < -0.3 is 14.5 Å². The van der Waals surface area contributed by atoms with Crippen molar-refractivity contribution in [1.82, 2.24) is 15.4 Å². The number of carbonyl (C=O) groups is 1. The number of H-pyrrole nitrogens is 1. The van der Waals surface area contributed by atoms with Gasteiger partial charge in [0.05, 0.1) is 25.4 Å². The first kappa shape index (κ1) is 18.6. The van der Waals surface area contributed by atoms with E-state index in [0.29, 0.717) is 5.69 Å². The van der Waals surface area contributed by atoms with Gasteiger partial charge in [-0.2, -0.15) is 10.1 Å². The standard InChI is InChI=1S/C15H15N5O6/c1-8-4-10(18-15(22)17-8)14(21)19-16-7-9-5-11(20(23)24)13(26-3)6-12(9)25-2/h4-7H,1-3H3,(H,19,21)(H,17,18,22)/b16-7+. The van der Waals surface area contributed by atoms with Crippen molar-refractivity contribution in [3.63, 3.8) is 0 Å². The molecule has 1 heterocycles. The maximum atomic E-state index is 12.0. The number of aromatic amines is 1. The van der Waals surface area contributed by atoms with Crippen molar-refractivity contribution in [1.29, 1.82) is 0 Å². The summed E-state index contributed by atoms with van der Waals surface area (Å²) in [7, 11) is 2.67. The van der Waals surface area contributed by atoms with Crippen molar-refractivity contribution >= 4 is 17.8 Å². The molecule has 0 fully saturated rings. The summed E-state index contributed by atoms with van der Waals surface area (Å²) in [6.45, 7) is 1.60. The van der Waals surface area contributed by atoms with E-state index in [1.807, 2.05) is 0 Å². The van der Waals surface area contributed by atoms with Crippen molar-refractivity contribution in [2.45, 2.75) is 6.92 Å². The lowest BCUT2D eigenvalue weighted by Crippen LogP contribution is -2.24. The number of amides is 1. The van der Waals surface area contributed by atoms with Crippen molar-refractivity contribution in [2.75, 3.05) is 14.2 Å². The second kappa shape index (κ2) is 7.88. The maximum Gasteiger partial charge on any atom is 0.345 e. The van der Waals surface area contributed by atoms with Crippen LogP contribution in [0.5, 0.6) is 11.5 Å². The molecule has 0 unspecified atom stereocenters. The van der Waals surface area contributed by atoms with Crippen LogP contribution < -0.4 is 20.6 Å². The number of hydrogen-bond acceptors (Lipinski definition) is 8. The average molecular weight is 361 g/mol. The van der Waals surface area contributed by atoms with Crippen LogP contribution in [-0.4, -0.2) is 41.2 Å². The van der Waals surface area contributed by atoms with Crippen LogP contribution in [0, 0.1) is 17.0 Å². The second-order valence-electron chi connectivity index (χ2n) is 4.98. The van der Waals surface area contributed by atoms with E-state index >= 15 is 0 Å². The van der Waals surface area contributed by atoms with E-state index in [9.17, 15) is 19.7 Å². The number of nitro benzene ring substituents is 1. The highest BCUT2D eigenvalue weighted by molar-refractivity contribution is 5.93. The molecule has 11 nitrogen and oxygen atoms in total. The smallest absolute Gasteiger partial charge is 0.345 e. The molecular formula is C15H15N5O6. The van der Waals surface area contributed by atoms with Gasteiger partial charge in [0.2, 0.25) is 5.75 Å². The zero-order valence-electron chi connectivity index (χ0n) is 14.1. The molecule has 2 rings (SSSR count). The third-order valence-electron chi connectivity index (χ3n) is 3.21. The van der Waals surface area contributed by atoms with Crippen LogP contribution in [0.15, 0.2) is 28.1 Å². The topological polar surface area (TPSA) is 149 Å². The fraction of sp³-hybridized carbons (Fsp3) is 0.200. The number of nitrogens with one attached hydrogen (secondary N) is 2. The number of ether oxygens (including phenoxy) is 2. The predicted molar refractivity (Wildman–Crippen MR) is 90.9 cm³/mol. The van der Waals surface area contributed by atoms with Crippen molar-refractivity contribution < 1.29 is 19.2 Å². The maximum absolute atomic E-state index is 12.0. The summed E-state index contributed by atoms with van der Waals surface area (Å²) < 4.78 is 10.1. The van der Waals surface area contributed by atoms with Gasteiger partial charge in [-0.15, -0.1) is 0 Å². The zero-order valence-corrected chi connectivity index (χ0v) is 14.1. The minimum absolute atomic E-state index is 0.0243. The van der Waals surface area contributed by atoms with Crippen molar-refractivity contribution in [3.05, 3.63) is 55.7 Å². The minimum atomic E-state index is -0.711. The Morgan fingerprint density at radius 2 is 2.00 bits per heavy atom. The number of carbonyl (C=O) groups excluding carboxylic acids is 1. The Labute approximate surface area is 146 Å². The molecule has 0 bridgehead atoms. The highest BCUT2D eigenvalue weighted by atomic mass is 16.6. The van der Waals surface area contributed by atoms with E-state index in [1.54, 1.807) is 6.92 Å². The van der Waals surface area contributed by atoms with E-state index in [4.69, 9.17) is 9.47 Å². The van der Waals surface area contributed by atoms with Gasteiger partial charge in [0.1, 0.15) is 11.4 Å². The number of rotatable bonds is 6. The lowest BCUT2D eigenvalue weighted by Gasteiger charge is -2.08. The van der Waals surface area contributed by atoms with Gasteiger partial charge in [0.15, 0.2) is 0 Å². The molecule has 0 aliphatic rings. The summed E-state index contributed by atoms with van der Waals surface area (Å²) >= 11 is 0. The number of nitro groups is 1. The molecule has 0 aliphatic heterocycles. The summed E-state index contributed by atoms with van der Waals surface area (Å²) in [4.78, 5) is 39.7. The Hall–Kier alpha value is -3.76. The number of nitrogens with zero attached hydrogens (tertiary/aromatic N) is 3. The van der Waals surface area contributed by atoms with E-state index in [-0.39, 0.29) is 28.4 Å². The van der Waals surface area contributed by atoms with Gasteiger partial charge in [-0.05, 0) is 13.0 Å². The monoisotopic (exact) mass is 361 g/mol. The Balaban J connectivity index is 2.26. The largest absolute Gasteiger partial charge is 0.496 e. The molecule has 0 spiro atoms. The van der Waals surface area contributed by atoms with E-state index in [0.717, 1.165) is 0 Å². The van der Waals surface area contributed by atoms with Gasteiger partial charge in [0, 0.05) is 23.4 Å². The molecule has 11 heteroatoms. The van der Waals surface area contributed by atoms with E-state index < -0.39 is 16.5 Å². The Morgan fingerprint density at radius 3 is 2.58 bits per heavy atom. The Kier molecular flexibility index (Phi) is 5.63. The van der Waals surface area contributed by atoms with Crippen molar-refractivity contribution in [3.8, 4) is 11.5 Å². The third-order valence-corrected chi connectivity index (χ3v) is 3.21. The summed E-state index contributed by atoms with van der Waals surface area (Å²) in [5, 5.41) is 14.8. The molecular weight excluding hydrogens is 346 g/mol. The summed E-state index contributed by atoms with van der Waals surface area (Å²) in [5.74, 6) is -0.427. The van der Waals surface area contributed by atoms with E-state index in [1.165, 1.54) is 38.6 Å². The molecule has 1 amide bonds. The predicted octanol–water partition coefficient (Wildman–Crippen LogP) is 0.768. The van der Waals surface area contributed by atoms with Crippen LogP contribution >= 0.6 is 0 Å². The zero-order chi connectivity index (χ0) is 19.3. The van der Waals surface area contributed by atoms with Gasteiger partial charge >= 0.3 is 11.4 Å². The molecule has 0 saturated heterocycles. The van der Waals surface area contributed by atoms with Gasteiger partial charge in [-0.25, -0.2) is 10.2 Å². The second-order valence-corrected chi connectivity index (χ2v) is 4.98. The molecule has 2 N–H and O–H groups in total. The SMILES string of the molecule is COc1cc(OC)c([N+](=O)[O-])cc1/C=N/NC(=O)c1cc(C)[nH]c(=O)n1. The lowest BCUT2D eigenvalue weighted by atomic mass is 10.1. The number of aryl methyl sites for hydroxylation is 1. The lowest BCUT2D eigenvalue weighted by molar-refractivity contribution is -0.385. The average Bonchev–Trinajstić information content (AvgIpc) is 2.60. The Bertz CT molecular complexity index is 937. The minimum Gasteiger partial charge on any atom is -0.496 e. The first-order chi connectivity index (χ1) is 12.3. The van der Waals surface area contributed by atoms with Crippen LogP contribution in [0.3, 0.4) is 0 Å². The fourth-order valence-corrected chi connectivity index (χ4v) is 2.06. The van der Waals surface area contributed by atoms with Gasteiger partial charge in [-0.1, -0.05) is 0 Å². The van der Waals surface area contributed by atoms with E-state index in [2.05, 4.69) is 20.5 Å². The van der Waals surface area contributed by atoms with Gasteiger partial charge in [-0.3, -0.25) is 14.9 Å². The highest BCUT2D eigenvalue weighted by Crippen LogP contribution is 2.33. The molecule has 26 heavy (non-hydrogen) atoms. The number of aromatic nitrogens is 2. The normalized spacial score (nSPS) is 10.6. The number of hydrogen-bond donors (Lipinski definition) is 2. The van der Waals surface area contributed by atoms with Crippen LogP contribution in [0.2, 0.25) is 0 Å². The number of methoxy groups -OCH3 is 2. The highest BCUT2D eigenvalue weighted by Gasteiger charge is 2.19. The van der Waals surface area contributed by atoms with Crippen LogP contribution in [-0.2, 0) is 0 Å². The van der Waals surface area contributed by atoms with Crippen LogP contribution in [0.1, 0.15) is 21.7 Å². The number of benzene rings is 1. The Morgan fingerprint density at radius 1 is 1.31 bits per heavy atom. The summed E-state index contributed by atoms with van der Waals surface area (Å²) in [6, 6.07) is 3.91. The van der Waals surface area contributed by atoms with Gasteiger partial charge in [0.25, 0.3) is 5.91 Å². The molecule has 2 aromatic rings.